The Kier molecular flexibility index (Phi) is 5.73. The van der Waals surface area contributed by atoms with Gasteiger partial charge in [-0.1, -0.05) is 12.2 Å². The number of phosphoric acid groups is 2. The molecule has 0 radical (unpaired) electrons. The summed E-state index contributed by atoms with van der Waals surface area (Å²) in [7, 11) is -9.80. The Balaban J connectivity index is 4.03. The fourth-order valence-electron chi connectivity index (χ4n) is 0.438. The first-order chi connectivity index (χ1) is 6.27. The van der Waals surface area contributed by atoms with Gasteiger partial charge in [0.15, 0.2) is 0 Å². The van der Waals surface area contributed by atoms with Crippen LogP contribution in [0.1, 0.15) is 0 Å². The van der Waals surface area contributed by atoms with E-state index in [1.54, 1.807) is 0 Å². The zero-order valence-corrected chi connectivity index (χ0v) is 8.67. The van der Waals surface area contributed by atoms with Gasteiger partial charge in [-0.2, -0.15) is 4.31 Å². The minimum atomic E-state index is -5.05. The lowest BCUT2D eigenvalue weighted by Crippen LogP contribution is -1.94. The molecule has 0 saturated heterocycles. The molecule has 14 heavy (non-hydrogen) atoms. The smallest absolute Gasteiger partial charge is 0.392 e. The molecule has 4 N–H and O–H groups in total. The van der Waals surface area contributed by atoms with Crippen molar-refractivity contribution in [2.24, 2.45) is 0 Å². The molecule has 10 heteroatoms. The number of aliphatic hydroxyl groups is 1. The van der Waals surface area contributed by atoms with Crippen LogP contribution >= 0.6 is 15.6 Å². The first-order valence-corrected chi connectivity index (χ1v) is 6.29. The van der Waals surface area contributed by atoms with E-state index in [9.17, 15) is 9.13 Å². The Morgan fingerprint density at radius 1 is 1.14 bits per heavy atom. The molecule has 0 aliphatic rings. The second-order valence-electron chi connectivity index (χ2n) is 1.99. The average Bonchev–Trinajstić information content (AvgIpc) is 1.93. The fraction of sp³-hybridized carbons (Fsp3) is 0.500. The van der Waals surface area contributed by atoms with Gasteiger partial charge in [0.25, 0.3) is 0 Å². The van der Waals surface area contributed by atoms with E-state index in [-0.39, 0.29) is 6.61 Å². The van der Waals surface area contributed by atoms with Crippen molar-refractivity contribution in [1.82, 2.24) is 0 Å². The lowest BCUT2D eigenvalue weighted by molar-refractivity contribution is 0.191. The van der Waals surface area contributed by atoms with E-state index in [1.807, 2.05) is 0 Å². The second kappa shape index (κ2) is 5.75. The third kappa shape index (κ3) is 8.55. The molecule has 0 aromatic rings. The van der Waals surface area contributed by atoms with Crippen LogP contribution < -0.4 is 0 Å². The summed E-state index contributed by atoms with van der Waals surface area (Å²) in [4.78, 5) is 25.0. The molecule has 0 bridgehead atoms. The molecule has 0 fully saturated rings. The van der Waals surface area contributed by atoms with Crippen molar-refractivity contribution in [2.75, 3.05) is 13.2 Å². The minimum absolute atomic E-state index is 0.279. The van der Waals surface area contributed by atoms with E-state index in [0.717, 1.165) is 0 Å². The van der Waals surface area contributed by atoms with Crippen molar-refractivity contribution >= 4 is 15.6 Å². The molecular formula is C4H10O8P2. The van der Waals surface area contributed by atoms with Gasteiger partial charge in [-0.15, -0.1) is 0 Å². The third-order valence-electron chi connectivity index (χ3n) is 0.816. The Bertz CT molecular complexity index is 279. The Labute approximate surface area is 79.6 Å². The molecule has 0 spiro atoms. The van der Waals surface area contributed by atoms with Gasteiger partial charge in [-0.3, -0.25) is 4.52 Å². The highest BCUT2D eigenvalue weighted by molar-refractivity contribution is 7.60. The van der Waals surface area contributed by atoms with Crippen molar-refractivity contribution in [3.05, 3.63) is 12.2 Å². The molecular weight excluding hydrogens is 238 g/mol. The van der Waals surface area contributed by atoms with E-state index in [2.05, 4.69) is 8.83 Å². The maximum atomic E-state index is 10.7. The average molecular weight is 248 g/mol. The molecule has 0 aliphatic carbocycles. The molecule has 0 aliphatic heterocycles. The van der Waals surface area contributed by atoms with Crippen LogP contribution in [0, 0.1) is 0 Å². The van der Waals surface area contributed by atoms with Crippen LogP contribution in [0.3, 0.4) is 0 Å². The first-order valence-electron chi connectivity index (χ1n) is 3.27. The van der Waals surface area contributed by atoms with E-state index < -0.39 is 22.3 Å². The molecule has 8 nitrogen and oxygen atoms in total. The molecule has 0 heterocycles. The van der Waals surface area contributed by atoms with Crippen LogP contribution in [0.2, 0.25) is 0 Å². The number of rotatable bonds is 6. The Morgan fingerprint density at radius 2 is 1.71 bits per heavy atom. The van der Waals surface area contributed by atoms with Crippen LogP contribution in [0.15, 0.2) is 12.2 Å². The molecule has 0 saturated carbocycles. The summed E-state index contributed by atoms with van der Waals surface area (Å²) in [6.45, 7) is -0.688. The van der Waals surface area contributed by atoms with Crippen molar-refractivity contribution in [3.63, 3.8) is 0 Å². The normalized spacial score (nSPS) is 17.1. The SMILES string of the molecule is O=P(O)(O)OP(=O)(O)OCC=CCO. The van der Waals surface area contributed by atoms with Crippen LogP contribution in [0.4, 0.5) is 0 Å². The molecule has 0 aromatic heterocycles. The lowest BCUT2D eigenvalue weighted by Gasteiger charge is -2.10. The summed E-state index contributed by atoms with van der Waals surface area (Å²) in [5.41, 5.74) is 0. The third-order valence-corrected chi connectivity index (χ3v) is 2.97. The Morgan fingerprint density at radius 3 is 2.14 bits per heavy atom. The standard InChI is InChI=1S/C4H10O8P2/c5-3-1-2-4-11-14(9,10)12-13(6,7)8/h1-2,5H,3-4H2,(H,9,10)(H2,6,7,8). The number of aliphatic hydroxyl groups excluding tert-OH is 1. The van der Waals surface area contributed by atoms with Crippen molar-refractivity contribution in [2.45, 2.75) is 0 Å². The predicted octanol–water partition coefficient (Wildman–Crippen LogP) is -0.239. The highest BCUT2D eigenvalue weighted by Gasteiger charge is 2.31. The van der Waals surface area contributed by atoms with Crippen LogP contribution in [-0.2, 0) is 18.0 Å². The number of phosphoric ester groups is 1. The quantitative estimate of drug-likeness (QED) is 0.373. The van der Waals surface area contributed by atoms with Crippen LogP contribution in [0.5, 0.6) is 0 Å². The molecule has 1 unspecified atom stereocenters. The second-order valence-corrected chi connectivity index (χ2v) is 4.82. The molecule has 84 valence electrons. The van der Waals surface area contributed by atoms with Gasteiger partial charge in [-0.05, 0) is 0 Å². The van der Waals surface area contributed by atoms with Gasteiger partial charge in [-0.25, -0.2) is 9.13 Å². The van der Waals surface area contributed by atoms with Gasteiger partial charge in [0, 0.05) is 0 Å². The molecule has 0 rings (SSSR count). The highest BCUT2D eigenvalue weighted by Crippen LogP contribution is 2.57. The summed E-state index contributed by atoms with van der Waals surface area (Å²) in [5, 5.41) is 8.25. The highest BCUT2D eigenvalue weighted by atomic mass is 31.3. The van der Waals surface area contributed by atoms with Gasteiger partial charge in [0.2, 0.25) is 0 Å². The maximum absolute atomic E-state index is 10.7. The van der Waals surface area contributed by atoms with Crippen molar-refractivity contribution < 1.29 is 37.8 Å². The maximum Gasteiger partial charge on any atom is 0.481 e. The zero-order valence-electron chi connectivity index (χ0n) is 6.89. The predicted molar refractivity (Wildman–Crippen MR) is 45.1 cm³/mol. The van der Waals surface area contributed by atoms with Crippen LogP contribution in [0.25, 0.3) is 0 Å². The molecule has 0 amide bonds. The number of hydrogen-bond donors (Lipinski definition) is 4. The lowest BCUT2D eigenvalue weighted by atomic mass is 10.5. The van der Waals surface area contributed by atoms with Crippen molar-refractivity contribution in [3.8, 4) is 0 Å². The largest absolute Gasteiger partial charge is 0.481 e. The van der Waals surface area contributed by atoms with Gasteiger partial charge < -0.3 is 19.8 Å². The fourth-order valence-corrected chi connectivity index (χ4v) is 1.98. The number of hydrogen-bond acceptors (Lipinski definition) is 5. The molecule has 0 aromatic carbocycles. The summed E-state index contributed by atoms with van der Waals surface area (Å²) < 4.78 is 28.4. The van der Waals surface area contributed by atoms with Gasteiger partial charge in [0.1, 0.15) is 0 Å². The topological polar surface area (TPSA) is 134 Å². The van der Waals surface area contributed by atoms with Gasteiger partial charge >= 0.3 is 15.6 Å². The zero-order chi connectivity index (χ0) is 11.2. The monoisotopic (exact) mass is 248 g/mol. The van der Waals surface area contributed by atoms with E-state index >= 15 is 0 Å². The van der Waals surface area contributed by atoms with E-state index in [4.69, 9.17) is 19.8 Å². The summed E-state index contributed by atoms with van der Waals surface area (Å²) in [6, 6.07) is 0. The summed E-state index contributed by atoms with van der Waals surface area (Å²) in [6.07, 6.45) is 2.41. The van der Waals surface area contributed by atoms with Crippen LogP contribution in [-0.4, -0.2) is 33.0 Å². The van der Waals surface area contributed by atoms with E-state index in [1.165, 1.54) is 12.2 Å². The Hall–Kier alpha value is -0.0400. The van der Waals surface area contributed by atoms with Gasteiger partial charge in [0.05, 0.1) is 13.2 Å². The summed E-state index contributed by atoms with van der Waals surface area (Å²) >= 11 is 0. The molecule has 1 atom stereocenters. The first kappa shape index (κ1) is 14.0. The minimum Gasteiger partial charge on any atom is -0.392 e. The van der Waals surface area contributed by atoms with E-state index in [0.29, 0.717) is 0 Å². The van der Waals surface area contributed by atoms with Crippen molar-refractivity contribution in [1.29, 1.82) is 0 Å². The summed E-state index contributed by atoms with van der Waals surface area (Å²) in [5.74, 6) is 0.